The fraction of sp³-hybridized carbons (Fsp3) is 0.235. The molecule has 0 spiro atoms. The summed E-state index contributed by atoms with van der Waals surface area (Å²) in [5, 5.41) is 11.6. The fourth-order valence-electron chi connectivity index (χ4n) is 2.36. The number of carbonyl (C=O) groups excluding carboxylic acids is 1. The Labute approximate surface area is 164 Å². The number of nitrogens with two attached hydrogens (primary N) is 1. The van der Waals surface area contributed by atoms with Crippen LogP contribution in [0.5, 0.6) is 0 Å². The average molecular weight is 424 g/mol. The molecule has 0 unspecified atom stereocenters. The summed E-state index contributed by atoms with van der Waals surface area (Å²) in [4.78, 5) is 16.9. The number of sulfonamides is 1. The number of benzene rings is 1. The molecule has 0 aliphatic rings. The van der Waals surface area contributed by atoms with Crippen molar-refractivity contribution in [2.24, 2.45) is 5.14 Å². The number of aromatic nitrogens is 2. The first-order valence-corrected chi connectivity index (χ1v) is 10.6. The zero-order valence-corrected chi connectivity index (χ0v) is 16.4. The molecule has 1 aromatic carbocycles. The summed E-state index contributed by atoms with van der Waals surface area (Å²) in [6.45, 7) is 1.84. The van der Waals surface area contributed by atoms with Crippen LogP contribution in [0.2, 0.25) is 0 Å². The minimum Gasteiger partial charge on any atom is -0.351 e. The van der Waals surface area contributed by atoms with Gasteiger partial charge in [-0.3, -0.25) is 4.79 Å². The third-order valence-corrected chi connectivity index (χ3v) is 6.35. The lowest BCUT2D eigenvalue weighted by molar-refractivity contribution is -0.121. The van der Waals surface area contributed by atoms with Crippen molar-refractivity contribution in [2.45, 2.75) is 30.5 Å². The number of hydrogen-bond acceptors (Lipinski definition) is 7. The van der Waals surface area contributed by atoms with E-state index >= 15 is 0 Å². The molecular weight excluding hydrogens is 407 g/mol. The van der Waals surface area contributed by atoms with Crippen molar-refractivity contribution in [1.29, 1.82) is 0 Å². The molecule has 0 atom stereocenters. The molecule has 0 aliphatic carbocycles. The fourth-order valence-corrected chi connectivity index (χ4v) is 4.08. The van der Waals surface area contributed by atoms with Crippen LogP contribution in [0.3, 0.4) is 0 Å². The second-order valence-corrected chi connectivity index (χ2v) is 8.97. The maximum Gasteiger partial charge on any atom is 0.247 e. The lowest BCUT2D eigenvalue weighted by atomic mass is 10.1. The lowest BCUT2D eigenvalue weighted by Crippen LogP contribution is -2.22. The molecule has 0 radical (unpaired) electrons. The van der Waals surface area contributed by atoms with Crippen LogP contribution in [-0.2, 0) is 27.8 Å². The standard InChI is InChI=1S/C17H17FN4O4S2/c1-10-8-11(2-4-13(10)18)17-21-15(26-22-17)6-5-14(23)20-9-12-3-7-16(27-12)28(19,24)25/h2-4,7-8H,5-6,9H2,1H3,(H,20,23)(H2,19,24,25). The van der Waals surface area contributed by atoms with E-state index < -0.39 is 10.0 Å². The molecule has 3 N–H and O–H groups in total. The van der Waals surface area contributed by atoms with E-state index in [1.54, 1.807) is 25.1 Å². The minimum atomic E-state index is -3.74. The predicted molar refractivity (Wildman–Crippen MR) is 100 cm³/mol. The molecule has 0 saturated heterocycles. The molecule has 0 saturated carbocycles. The van der Waals surface area contributed by atoms with Crippen LogP contribution >= 0.6 is 11.3 Å². The molecule has 0 bridgehead atoms. The third-order valence-electron chi connectivity index (χ3n) is 3.83. The minimum absolute atomic E-state index is 0.0474. The Kier molecular flexibility index (Phi) is 5.87. The summed E-state index contributed by atoms with van der Waals surface area (Å²) < 4.78 is 41.0. The Morgan fingerprint density at radius 2 is 2.11 bits per heavy atom. The predicted octanol–water partition coefficient (Wildman–Crippen LogP) is 2.14. The van der Waals surface area contributed by atoms with Gasteiger partial charge in [-0.1, -0.05) is 5.16 Å². The van der Waals surface area contributed by atoms with E-state index in [9.17, 15) is 17.6 Å². The smallest absolute Gasteiger partial charge is 0.247 e. The number of rotatable bonds is 7. The highest BCUT2D eigenvalue weighted by atomic mass is 32.2. The van der Waals surface area contributed by atoms with E-state index in [4.69, 9.17) is 9.66 Å². The van der Waals surface area contributed by atoms with Crippen molar-refractivity contribution in [3.63, 3.8) is 0 Å². The Morgan fingerprint density at radius 1 is 1.32 bits per heavy atom. The van der Waals surface area contributed by atoms with Gasteiger partial charge >= 0.3 is 0 Å². The molecule has 2 heterocycles. The quantitative estimate of drug-likeness (QED) is 0.598. The van der Waals surface area contributed by atoms with E-state index in [0.717, 1.165) is 11.3 Å². The average Bonchev–Trinajstić information content (AvgIpc) is 3.29. The van der Waals surface area contributed by atoms with Crippen LogP contribution in [0.25, 0.3) is 11.4 Å². The van der Waals surface area contributed by atoms with Crippen LogP contribution in [0, 0.1) is 12.7 Å². The van der Waals surface area contributed by atoms with E-state index in [-0.39, 0.29) is 35.3 Å². The maximum absolute atomic E-state index is 13.3. The van der Waals surface area contributed by atoms with Gasteiger partial charge in [0.05, 0.1) is 6.54 Å². The van der Waals surface area contributed by atoms with E-state index in [1.807, 2.05) is 0 Å². The number of primary sulfonamides is 1. The number of hydrogen-bond donors (Lipinski definition) is 2. The molecule has 3 rings (SSSR count). The van der Waals surface area contributed by atoms with Gasteiger partial charge in [0.2, 0.25) is 27.6 Å². The van der Waals surface area contributed by atoms with Gasteiger partial charge in [-0.15, -0.1) is 11.3 Å². The normalized spacial score (nSPS) is 11.5. The molecule has 8 nitrogen and oxygen atoms in total. The van der Waals surface area contributed by atoms with Gasteiger partial charge in [-0.05, 0) is 42.8 Å². The van der Waals surface area contributed by atoms with Crippen molar-refractivity contribution < 1.29 is 22.1 Å². The first-order chi connectivity index (χ1) is 13.2. The van der Waals surface area contributed by atoms with Gasteiger partial charge in [0.15, 0.2) is 0 Å². The molecule has 3 aromatic rings. The zero-order valence-electron chi connectivity index (χ0n) is 14.8. The van der Waals surface area contributed by atoms with E-state index in [2.05, 4.69) is 15.5 Å². The number of aryl methyl sites for hydroxylation is 2. The first kappa shape index (κ1) is 20.1. The highest BCUT2D eigenvalue weighted by Crippen LogP contribution is 2.21. The maximum atomic E-state index is 13.3. The number of carbonyl (C=O) groups is 1. The molecule has 0 aliphatic heterocycles. The lowest BCUT2D eigenvalue weighted by Gasteiger charge is -2.01. The highest BCUT2D eigenvalue weighted by Gasteiger charge is 2.13. The zero-order chi connectivity index (χ0) is 20.3. The second-order valence-electron chi connectivity index (χ2n) is 6.02. The van der Waals surface area contributed by atoms with Gasteiger partial charge in [0.25, 0.3) is 0 Å². The molecular formula is C17H17FN4O4S2. The Bertz CT molecular complexity index is 1110. The van der Waals surface area contributed by atoms with Gasteiger partial charge in [0, 0.05) is 23.3 Å². The number of amides is 1. The number of halogens is 1. The summed E-state index contributed by atoms with van der Waals surface area (Å²) in [5.74, 6) is 0.0568. The summed E-state index contributed by atoms with van der Waals surface area (Å²) in [7, 11) is -3.74. The summed E-state index contributed by atoms with van der Waals surface area (Å²) in [6, 6.07) is 7.51. The number of thiophene rings is 1. The number of nitrogens with one attached hydrogen (secondary N) is 1. The van der Waals surface area contributed by atoms with Gasteiger partial charge in [-0.2, -0.15) is 4.98 Å². The van der Waals surface area contributed by atoms with Crippen LogP contribution in [-0.4, -0.2) is 24.5 Å². The second kappa shape index (κ2) is 8.17. The molecule has 11 heteroatoms. The van der Waals surface area contributed by atoms with E-state index in [1.165, 1.54) is 12.1 Å². The Hall–Kier alpha value is -2.63. The highest BCUT2D eigenvalue weighted by molar-refractivity contribution is 7.91. The summed E-state index contributed by atoms with van der Waals surface area (Å²) in [6.07, 6.45) is 0.364. The van der Waals surface area contributed by atoms with Crippen molar-refractivity contribution in [1.82, 2.24) is 15.5 Å². The first-order valence-electron chi connectivity index (χ1n) is 8.19. The van der Waals surface area contributed by atoms with Crippen LogP contribution in [0.4, 0.5) is 4.39 Å². The van der Waals surface area contributed by atoms with Crippen LogP contribution in [0.1, 0.15) is 22.8 Å². The van der Waals surface area contributed by atoms with Gasteiger partial charge in [0.1, 0.15) is 10.0 Å². The van der Waals surface area contributed by atoms with Crippen molar-refractivity contribution in [3.05, 3.63) is 52.5 Å². The molecule has 28 heavy (non-hydrogen) atoms. The number of nitrogens with zero attached hydrogens (tertiary/aromatic N) is 2. The van der Waals surface area contributed by atoms with Crippen molar-refractivity contribution in [2.75, 3.05) is 0 Å². The summed E-state index contributed by atoms with van der Waals surface area (Å²) >= 11 is 1.00. The molecule has 2 aromatic heterocycles. The van der Waals surface area contributed by atoms with Gasteiger partial charge < -0.3 is 9.84 Å². The Morgan fingerprint density at radius 3 is 2.79 bits per heavy atom. The molecule has 0 fully saturated rings. The van der Waals surface area contributed by atoms with Crippen LogP contribution < -0.4 is 10.5 Å². The van der Waals surface area contributed by atoms with E-state index in [0.29, 0.717) is 27.7 Å². The van der Waals surface area contributed by atoms with Crippen molar-refractivity contribution in [3.8, 4) is 11.4 Å². The third kappa shape index (κ3) is 5.00. The van der Waals surface area contributed by atoms with Gasteiger partial charge in [-0.25, -0.2) is 17.9 Å². The van der Waals surface area contributed by atoms with Crippen LogP contribution in [0.15, 0.2) is 39.1 Å². The molecule has 148 valence electrons. The largest absolute Gasteiger partial charge is 0.351 e. The summed E-state index contributed by atoms with van der Waals surface area (Å²) in [5.41, 5.74) is 1.10. The SMILES string of the molecule is Cc1cc(-c2noc(CCC(=O)NCc3ccc(S(N)(=O)=O)s3)n2)ccc1F. The topological polar surface area (TPSA) is 128 Å². The molecule has 1 amide bonds. The monoisotopic (exact) mass is 424 g/mol. The van der Waals surface area contributed by atoms with Crippen molar-refractivity contribution >= 4 is 27.3 Å². The Balaban J connectivity index is 1.52.